The highest BCUT2D eigenvalue weighted by Gasteiger charge is 2.22. The number of nitrogens with zero attached hydrogens (tertiary/aromatic N) is 3. The molecule has 1 saturated heterocycles. The van der Waals surface area contributed by atoms with Crippen LogP contribution < -0.4 is 10.2 Å². The number of hydrogen-bond donors (Lipinski definition) is 1. The number of benzene rings is 2. The van der Waals surface area contributed by atoms with Crippen molar-refractivity contribution >= 4 is 28.4 Å². The summed E-state index contributed by atoms with van der Waals surface area (Å²) in [6, 6.07) is 18.2. The largest absolute Gasteiger partial charge is 0.353 e. The quantitative estimate of drug-likeness (QED) is 0.600. The molecule has 1 atom stereocenters. The summed E-state index contributed by atoms with van der Waals surface area (Å²) in [5.41, 5.74) is 1.62. The maximum Gasteiger partial charge on any atom is 0.252 e. The van der Waals surface area contributed by atoms with Gasteiger partial charge in [-0.2, -0.15) is 0 Å². The van der Waals surface area contributed by atoms with Crippen LogP contribution in [0.15, 0.2) is 60.8 Å². The van der Waals surface area contributed by atoms with Crippen LogP contribution in [0.4, 0.5) is 5.82 Å². The molecule has 1 unspecified atom stereocenters. The zero-order valence-electron chi connectivity index (χ0n) is 19.5. The second-order valence-corrected chi connectivity index (χ2v) is 8.85. The fraction of sp³-hybridized carbons (Fsp3) is 0.370. The molecular formula is C27H32N4O2. The Kier molecular flexibility index (Phi) is 7.23. The normalized spacial score (nSPS) is 14.8. The number of piperazine rings is 1. The van der Waals surface area contributed by atoms with Gasteiger partial charge in [0, 0.05) is 38.9 Å². The summed E-state index contributed by atoms with van der Waals surface area (Å²) < 4.78 is 0. The highest BCUT2D eigenvalue weighted by Crippen LogP contribution is 2.18. The molecule has 6 nitrogen and oxygen atoms in total. The van der Waals surface area contributed by atoms with Gasteiger partial charge in [0.15, 0.2) is 0 Å². The van der Waals surface area contributed by atoms with Gasteiger partial charge >= 0.3 is 0 Å². The molecule has 0 saturated carbocycles. The second kappa shape index (κ2) is 10.5. The van der Waals surface area contributed by atoms with Crippen LogP contribution in [-0.2, 0) is 11.2 Å². The smallest absolute Gasteiger partial charge is 0.252 e. The first-order chi connectivity index (χ1) is 16.0. The molecule has 1 aliphatic rings. The number of aromatic nitrogens is 1. The third-order valence-electron chi connectivity index (χ3n) is 6.44. The van der Waals surface area contributed by atoms with Gasteiger partial charge in [-0.25, -0.2) is 4.98 Å². The standard InChI is InChI=1S/C27H32N4O2/c1-3-20(2)18-29-27(33)24-10-11-25(28-19-24)30-12-14-31(15-13-30)26(32)17-21-8-9-22-6-4-5-7-23(22)16-21/h4-11,16,19-20H,3,12-15,17-18H2,1-2H3,(H,29,33). The Morgan fingerprint density at radius 2 is 1.76 bits per heavy atom. The van der Waals surface area contributed by atoms with Crippen LogP contribution in [0, 0.1) is 5.92 Å². The Bertz CT molecular complexity index is 1100. The highest BCUT2D eigenvalue weighted by molar-refractivity contribution is 5.94. The van der Waals surface area contributed by atoms with Crippen LogP contribution >= 0.6 is 0 Å². The Balaban J connectivity index is 1.29. The van der Waals surface area contributed by atoms with Crippen molar-refractivity contribution in [3.63, 3.8) is 0 Å². The Labute approximate surface area is 195 Å². The van der Waals surface area contributed by atoms with E-state index in [1.165, 1.54) is 5.39 Å². The predicted octanol–water partition coefficient (Wildman–Crippen LogP) is 3.90. The molecule has 1 aliphatic heterocycles. The minimum absolute atomic E-state index is 0.0848. The van der Waals surface area contributed by atoms with Gasteiger partial charge in [-0.05, 0) is 34.4 Å². The monoisotopic (exact) mass is 444 g/mol. The number of hydrogen-bond acceptors (Lipinski definition) is 4. The summed E-state index contributed by atoms with van der Waals surface area (Å²) >= 11 is 0. The number of fused-ring (bicyclic) bond motifs is 1. The maximum absolute atomic E-state index is 12.8. The zero-order chi connectivity index (χ0) is 23.2. The van der Waals surface area contributed by atoms with Gasteiger partial charge in [0.1, 0.15) is 5.82 Å². The summed E-state index contributed by atoms with van der Waals surface area (Å²) in [7, 11) is 0. The van der Waals surface area contributed by atoms with Crippen LogP contribution in [0.5, 0.6) is 0 Å². The van der Waals surface area contributed by atoms with Gasteiger partial charge in [-0.1, -0.05) is 62.7 Å². The molecule has 2 heterocycles. The molecule has 1 fully saturated rings. The molecule has 172 valence electrons. The number of amides is 2. The van der Waals surface area contributed by atoms with E-state index < -0.39 is 0 Å². The van der Waals surface area contributed by atoms with Gasteiger partial charge in [0.05, 0.1) is 12.0 Å². The molecule has 33 heavy (non-hydrogen) atoms. The SMILES string of the molecule is CCC(C)CNC(=O)c1ccc(N2CCN(C(=O)Cc3ccc4ccccc4c3)CC2)nc1. The van der Waals surface area contributed by atoms with E-state index in [9.17, 15) is 9.59 Å². The van der Waals surface area contributed by atoms with Crippen molar-refractivity contribution in [2.45, 2.75) is 26.7 Å². The summed E-state index contributed by atoms with van der Waals surface area (Å²) in [6.07, 6.45) is 3.09. The summed E-state index contributed by atoms with van der Waals surface area (Å²) in [4.78, 5) is 33.7. The number of pyridine rings is 1. The summed E-state index contributed by atoms with van der Waals surface area (Å²) in [5.74, 6) is 1.38. The van der Waals surface area contributed by atoms with E-state index >= 15 is 0 Å². The maximum atomic E-state index is 12.8. The average Bonchev–Trinajstić information content (AvgIpc) is 2.87. The van der Waals surface area contributed by atoms with Crippen molar-refractivity contribution in [2.24, 2.45) is 5.92 Å². The lowest BCUT2D eigenvalue weighted by molar-refractivity contribution is -0.130. The molecule has 1 N–H and O–H groups in total. The lowest BCUT2D eigenvalue weighted by atomic mass is 10.0. The fourth-order valence-corrected chi connectivity index (χ4v) is 4.04. The van der Waals surface area contributed by atoms with Crippen LogP contribution in [-0.4, -0.2) is 54.4 Å². The molecule has 2 aromatic carbocycles. The molecule has 1 aromatic heterocycles. The van der Waals surface area contributed by atoms with E-state index in [0.717, 1.165) is 36.3 Å². The molecule has 0 spiro atoms. The zero-order valence-corrected chi connectivity index (χ0v) is 19.5. The third-order valence-corrected chi connectivity index (χ3v) is 6.44. The lowest BCUT2D eigenvalue weighted by Gasteiger charge is -2.35. The molecule has 0 radical (unpaired) electrons. The number of carbonyl (C=O) groups is 2. The first-order valence-corrected chi connectivity index (χ1v) is 11.8. The van der Waals surface area contributed by atoms with E-state index in [0.29, 0.717) is 37.5 Å². The number of carbonyl (C=O) groups excluding carboxylic acids is 2. The number of rotatable bonds is 7. The van der Waals surface area contributed by atoms with Gasteiger partial charge in [-0.15, -0.1) is 0 Å². The Morgan fingerprint density at radius 3 is 2.45 bits per heavy atom. The van der Waals surface area contributed by atoms with E-state index in [1.807, 2.05) is 35.2 Å². The van der Waals surface area contributed by atoms with Crippen molar-refractivity contribution in [1.82, 2.24) is 15.2 Å². The number of anilines is 1. The summed E-state index contributed by atoms with van der Waals surface area (Å²) in [6.45, 7) is 7.71. The molecule has 2 amide bonds. The topological polar surface area (TPSA) is 65.5 Å². The van der Waals surface area contributed by atoms with Crippen molar-refractivity contribution in [1.29, 1.82) is 0 Å². The molecule has 6 heteroatoms. The molecular weight excluding hydrogens is 412 g/mol. The van der Waals surface area contributed by atoms with Gasteiger partial charge in [0.2, 0.25) is 5.91 Å². The Morgan fingerprint density at radius 1 is 1.00 bits per heavy atom. The Hall–Kier alpha value is -3.41. The second-order valence-electron chi connectivity index (χ2n) is 8.85. The van der Waals surface area contributed by atoms with Gasteiger partial charge in [0.25, 0.3) is 5.91 Å². The molecule has 0 aliphatic carbocycles. The fourth-order valence-electron chi connectivity index (χ4n) is 4.04. The van der Waals surface area contributed by atoms with Crippen LogP contribution in [0.1, 0.15) is 36.2 Å². The van der Waals surface area contributed by atoms with Crippen molar-refractivity contribution in [2.75, 3.05) is 37.6 Å². The summed E-state index contributed by atoms with van der Waals surface area (Å²) in [5, 5.41) is 5.31. The minimum Gasteiger partial charge on any atom is -0.353 e. The highest BCUT2D eigenvalue weighted by atomic mass is 16.2. The average molecular weight is 445 g/mol. The van der Waals surface area contributed by atoms with Crippen LogP contribution in [0.25, 0.3) is 10.8 Å². The van der Waals surface area contributed by atoms with Crippen molar-refractivity contribution < 1.29 is 9.59 Å². The van der Waals surface area contributed by atoms with Crippen molar-refractivity contribution in [3.8, 4) is 0 Å². The van der Waals surface area contributed by atoms with E-state index in [-0.39, 0.29) is 11.8 Å². The van der Waals surface area contributed by atoms with Crippen molar-refractivity contribution in [3.05, 3.63) is 71.9 Å². The predicted molar refractivity (Wildman–Crippen MR) is 132 cm³/mol. The minimum atomic E-state index is -0.0848. The first-order valence-electron chi connectivity index (χ1n) is 11.8. The number of nitrogens with one attached hydrogen (secondary N) is 1. The van der Waals surface area contributed by atoms with E-state index in [1.54, 1.807) is 6.20 Å². The first kappa shape index (κ1) is 22.8. The molecule has 0 bridgehead atoms. The van der Waals surface area contributed by atoms with Crippen LogP contribution in [0.2, 0.25) is 0 Å². The third kappa shape index (κ3) is 5.69. The van der Waals surface area contributed by atoms with Crippen LogP contribution in [0.3, 0.4) is 0 Å². The van der Waals surface area contributed by atoms with E-state index in [2.05, 4.69) is 53.3 Å². The van der Waals surface area contributed by atoms with Gasteiger partial charge in [-0.3, -0.25) is 9.59 Å². The lowest BCUT2D eigenvalue weighted by Crippen LogP contribution is -2.49. The van der Waals surface area contributed by atoms with Gasteiger partial charge < -0.3 is 15.1 Å². The molecule has 3 aromatic rings. The van der Waals surface area contributed by atoms with E-state index in [4.69, 9.17) is 0 Å². The molecule has 4 rings (SSSR count).